The van der Waals surface area contributed by atoms with E-state index in [1.165, 1.54) is 5.69 Å². The average molecular weight is 260 g/mol. The van der Waals surface area contributed by atoms with E-state index in [1.54, 1.807) is 0 Å². The van der Waals surface area contributed by atoms with Gasteiger partial charge in [-0.1, -0.05) is 13.8 Å². The second-order valence-electron chi connectivity index (χ2n) is 3.97. The van der Waals surface area contributed by atoms with Crippen molar-refractivity contribution in [1.82, 2.24) is 9.78 Å². The van der Waals surface area contributed by atoms with Crippen molar-refractivity contribution < 1.29 is 0 Å². The van der Waals surface area contributed by atoms with Gasteiger partial charge in [-0.15, -0.1) is 0 Å². The van der Waals surface area contributed by atoms with Crippen LogP contribution in [0.5, 0.6) is 0 Å². The zero-order valence-electron chi connectivity index (χ0n) is 9.05. The van der Waals surface area contributed by atoms with Gasteiger partial charge in [0.15, 0.2) is 0 Å². The van der Waals surface area contributed by atoms with Crippen LogP contribution >= 0.6 is 15.9 Å². The van der Waals surface area contributed by atoms with Crippen LogP contribution in [-0.4, -0.2) is 16.3 Å². The van der Waals surface area contributed by atoms with Gasteiger partial charge in [-0.3, -0.25) is 4.68 Å². The molecule has 0 aliphatic heterocycles. The van der Waals surface area contributed by atoms with E-state index in [1.807, 2.05) is 11.7 Å². The quantitative estimate of drug-likeness (QED) is 0.898. The molecule has 14 heavy (non-hydrogen) atoms. The minimum absolute atomic E-state index is 0.646. The minimum atomic E-state index is 0.646. The lowest BCUT2D eigenvalue weighted by Crippen LogP contribution is -2.04. The van der Waals surface area contributed by atoms with Gasteiger partial charge in [0.05, 0.1) is 15.9 Å². The van der Waals surface area contributed by atoms with Gasteiger partial charge in [0, 0.05) is 13.5 Å². The molecule has 0 saturated heterocycles. The fourth-order valence-corrected chi connectivity index (χ4v) is 2.19. The summed E-state index contributed by atoms with van der Waals surface area (Å²) in [6, 6.07) is 0. The number of hydrogen-bond donors (Lipinski definition) is 1. The zero-order chi connectivity index (χ0) is 10.7. The highest BCUT2D eigenvalue weighted by molar-refractivity contribution is 9.10. The SMILES string of the molecule is CC(C)Cc1c(Br)c(CCN)nn1C. The third-order valence-corrected chi connectivity index (χ3v) is 3.07. The molecule has 0 amide bonds. The van der Waals surface area contributed by atoms with Crippen molar-refractivity contribution in [3.8, 4) is 0 Å². The summed E-state index contributed by atoms with van der Waals surface area (Å²) in [6.45, 7) is 5.07. The summed E-state index contributed by atoms with van der Waals surface area (Å²) in [5.74, 6) is 0.646. The summed E-state index contributed by atoms with van der Waals surface area (Å²) in [6.07, 6.45) is 1.89. The summed E-state index contributed by atoms with van der Waals surface area (Å²) in [7, 11) is 1.99. The number of hydrogen-bond acceptors (Lipinski definition) is 2. The predicted molar refractivity (Wildman–Crippen MR) is 62.2 cm³/mol. The first kappa shape index (κ1) is 11.7. The zero-order valence-corrected chi connectivity index (χ0v) is 10.6. The summed E-state index contributed by atoms with van der Waals surface area (Å²) >= 11 is 3.59. The lowest BCUT2D eigenvalue weighted by molar-refractivity contribution is 0.592. The van der Waals surface area contributed by atoms with Crippen LogP contribution in [0.2, 0.25) is 0 Å². The molecule has 0 saturated carbocycles. The summed E-state index contributed by atoms with van der Waals surface area (Å²) in [5, 5.41) is 4.44. The Kier molecular flexibility index (Phi) is 4.13. The van der Waals surface area contributed by atoms with Crippen molar-refractivity contribution in [1.29, 1.82) is 0 Å². The Morgan fingerprint density at radius 2 is 2.14 bits per heavy atom. The number of aryl methyl sites for hydroxylation is 1. The maximum atomic E-state index is 5.52. The third-order valence-electron chi connectivity index (χ3n) is 2.15. The molecule has 1 heterocycles. The molecule has 80 valence electrons. The maximum Gasteiger partial charge on any atom is 0.0782 e. The molecule has 3 nitrogen and oxygen atoms in total. The molecular formula is C10H18BrN3. The number of rotatable bonds is 4. The molecule has 1 rings (SSSR count). The standard InChI is InChI=1S/C10H18BrN3/c1-7(2)6-9-10(11)8(4-5-12)13-14(9)3/h7H,4-6,12H2,1-3H3. The highest BCUT2D eigenvalue weighted by atomic mass is 79.9. The number of nitrogens with zero attached hydrogens (tertiary/aromatic N) is 2. The highest BCUT2D eigenvalue weighted by Gasteiger charge is 2.13. The van der Waals surface area contributed by atoms with Crippen LogP contribution in [0.4, 0.5) is 0 Å². The van der Waals surface area contributed by atoms with E-state index >= 15 is 0 Å². The van der Waals surface area contributed by atoms with Gasteiger partial charge in [0.25, 0.3) is 0 Å². The molecule has 1 aromatic heterocycles. The minimum Gasteiger partial charge on any atom is -0.330 e. The number of nitrogens with two attached hydrogens (primary N) is 1. The van der Waals surface area contributed by atoms with E-state index in [-0.39, 0.29) is 0 Å². The van der Waals surface area contributed by atoms with Gasteiger partial charge in [-0.25, -0.2) is 0 Å². The smallest absolute Gasteiger partial charge is 0.0782 e. The molecule has 0 atom stereocenters. The molecule has 0 spiro atoms. The normalized spacial score (nSPS) is 11.3. The summed E-state index contributed by atoms with van der Waals surface area (Å²) in [5.41, 5.74) is 7.86. The van der Waals surface area contributed by atoms with Gasteiger partial charge < -0.3 is 5.73 Å². The Labute approximate surface area is 93.8 Å². The van der Waals surface area contributed by atoms with E-state index < -0.39 is 0 Å². The first-order chi connectivity index (χ1) is 6.56. The fraction of sp³-hybridized carbons (Fsp3) is 0.700. The third kappa shape index (κ3) is 2.58. The van der Waals surface area contributed by atoms with Crippen LogP contribution in [0.15, 0.2) is 4.47 Å². The molecule has 0 aliphatic rings. The number of halogens is 1. The van der Waals surface area contributed by atoms with E-state index in [0.29, 0.717) is 12.5 Å². The van der Waals surface area contributed by atoms with Gasteiger partial charge >= 0.3 is 0 Å². The van der Waals surface area contributed by atoms with Crippen molar-refractivity contribution in [2.45, 2.75) is 26.7 Å². The Morgan fingerprint density at radius 1 is 1.50 bits per heavy atom. The van der Waals surface area contributed by atoms with Crippen molar-refractivity contribution in [3.63, 3.8) is 0 Å². The lowest BCUT2D eigenvalue weighted by atomic mass is 10.1. The largest absolute Gasteiger partial charge is 0.330 e. The van der Waals surface area contributed by atoms with Crippen molar-refractivity contribution in [2.24, 2.45) is 18.7 Å². The van der Waals surface area contributed by atoms with Crippen LogP contribution in [0.25, 0.3) is 0 Å². The lowest BCUT2D eigenvalue weighted by Gasteiger charge is -2.05. The van der Waals surface area contributed by atoms with Crippen LogP contribution in [0, 0.1) is 5.92 Å². The average Bonchev–Trinajstić information content (AvgIpc) is 2.33. The molecular weight excluding hydrogens is 242 g/mol. The second-order valence-corrected chi connectivity index (χ2v) is 4.76. The molecule has 0 bridgehead atoms. The van der Waals surface area contributed by atoms with Gasteiger partial charge in [0.1, 0.15) is 0 Å². The highest BCUT2D eigenvalue weighted by Crippen LogP contribution is 2.23. The predicted octanol–water partition coefficient (Wildman–Crippen LogP) is 1.88. The Bertz CT molecular complexity index is 305. The van der Waals surface area contributed by atoms with E-state index in [9.17, 15) is 0 Å². The summed E-state index contributed by atoms with van der Waals surface area (Å²) < 4.78 is 3.09. The van der Waals surface area contributed by atoms with Crippen molar-refractivity contribution in [2.75, 3.05) is 6.54 Å². The summed E-state index contributed by atoms with van der Waals surface area (Å²) in [4.78, 5) is 0. The second kappa shape index (κ2) is 4.94. The van der Waals surface area contributed by atoms with E-state index in [4.69, 9.17) is 5.73 Å². The van der Waals surface area contributed by atoms with E-state index in [0.717, 1.165) is 23.0 Å². The fourth-order valence-electron chi connectivity index (χ4n) is 1.50. The first-order valence-electron chi connectivity index (χ1n) is 4.96. The Morgan fingerprint density at radius 3 is 2.64 bits per heavy atom. The molecule has 2 N–H and O–H groups in total. The van der Waals surface area contributed by atoms with Crippen LogP contribution < -0.4 is 5.73 Å². The van der Waals surface area contributed by atoms with Gasteiger partial charge in [-0.05, 0) is 34.8 Å². The Hall–Kier alpha value is -0.350. The van der Waals surface area contributed by atoms with Crippen molar-refractivity contribution in [3.05, 3.63) is 15.9 Å². The molecule has 1 aromatic rings. The molecule has 0 aromatic carbocycles. The van der Waals surface area contributed by atoms with Crippen molar-refractivity contribution >= 4 is 15.9 Å². The molecule has 0 radical (unpaired) electrons. The van der Waals surface area contributed by atoms with Crippen LogP contribution in [-0.2, 0) is 19.9 Å². The number of aromatic nitrogens is 2. The van der Waals surface area contributed by atoms with Crippen LogP contribution in [0.1, 0.15) is 25.2 Å². The molecule has 0 fully saturated rings. The maximum absolute atomic E-state index is 5.52. The Balaban J connectivity index is 2.92. The van der Waals surface area contributed by atoms with Crippen LogP contribution in [0.3, 0.4) is 0 Å². The van der Waals surface area contributed by atoms with Gasteiger partial charge in [-0.2, -0.15) is 5.10 Å². The first-order valence-corrected chi connectivity index (χ1v) is 5.75. The molecule has 0 aliphatic carbocycles. The molecule has 4 heteroatoms. The van der Waals surface area contributed by atoms with Gasteiger partial charge in [0.2, 0.25) is 0 Å². The topological polar surface area (TPSA) is 43.8 Å². The van der Waals surface area contributed by atoms with E-state index in [2.05, 4.69) is 34.9 Å². The molecule has 0 unspecified atom stereocenters. The monoisotopic (exact) mass is 259 g/mol.